The zero-order valence-electron chi connectivity index (χ0n) is 13.1. The number of nitrogens with one attached hydrogen (secondary N) is 1. The van der Waals surface area contributed by atoms with Gasteiger partial charge in [0.25, 0.3) is 0 Å². The molecule has 1 heterocycles. The van der Waals surface area contributed by atoms with Gasteiger partial charge in [-0.2, -0.15) is 0 Å². The van der Waals surface area contributed by atoms with Crippen molar-refractivity contribution in [3.63, 3.8) is 0 Å². The van der Waals surface area contributed by atoms with E-state index in [-0.39, 0.29) is 0 Å². The molecule has 0 saturated carbocycles. The van der Waals surface area contributed by atoms with Crippen molar-refractivity contribution in [1.29, 1.82) is 0 Å². The Bertz CT molecular complexity index is 335. The molecule has 0 radical (unpaired) electrons. The van der Waals surface area contributed by atoms with E-state index in [2.05, 4.69) is 43.3 Å². The van der Waals surface area contributed by atoms with Gasteiger partial charge in [0.2, 0.25) is 0 Å². The van der Waals surface area contributed by atoms with Crippen LogP contribution in [-0.2, 0) is 6.54 Å². The molecule has 0 spiro atoms. The first kappa shape index (κ1) is 16.4. The van der Waals surface area contributed by atoms with Gasteiger partial charge in [-0.05, 0) is 31.7 Å². The average Bonchev–Trinajstić information content (AvgIpc) is 2.77. The topological polar surface area (TPSA) is 28.2 Å². The van der Waals surface area contributed by atoms with Crippen LogP contribution in [0, 0.1) is 11.8 Å². The Labute approximate surface area is 122 Å². The van der Waals surface area contributed by atoms with Crippen LogP contribution in [0.2, 0.25) is 0 Å². The molecule has 0 unspecified atom stereocenters. The van der Waals surface area contributed by atoms with Crippen molar-refractivity contribution in [2.75, 3.05) is 25.0 Å². The summed E-state index contributed by atoms with van der Waals surface area (Å²) in [6.07, 6.45) is 2.47. The highest BCUT2D eigenvalue weighted by atomic mass is 32.1. The zero-order valence-corrected chi connectivity index (χ0v) is 13.9. The molecule has 0 atom stereocenters. The van der Waals surface area contributed by atoms with Crippen LogP contribution < -0.4 is 10.2 Å². The highest BCUT2D eigenvalue weighted by molar-refractivity contribution is 7.13. The predicted octanol–water partition coefficient (Wildman–Crippen LogP) is 3.76. The quantitative estimate of drug-likeness (QED) is 0.748. The molecule has 0 aliphatic heterocycles. The highest BCUT2D eigenvalue weighted by Gasteiger charge is 2.12. The van der Waals surface area contributed by atoms with E-state index < -0.39 is 0 Å². The molecule has 3 nitrogen and oxygen atoms in total. The SMILES string of the molecule is CNCc1csc(N(CCC(C)C)CCC(C)C)n1. The third kappa shape index (κ3) is 6.39. The summed E-state index contributed by atoms with van der Waals surface area (Å²) >= 11 is 1.78. The Balaban J connectivity index is 2.63. The van der Waals surface area contributed by atoms with E-state index in [4.69, 9.17) is 4.98 Å². The van der Waals surface area contributed by atoms with Gasteiger partial charge < -0.3 is 10.2 Å². The van der Waals surface area contributed by atoms with Crippen molar-refractivity contribution in [3.05, 3.63) is 11.1 Å². The van der Waals surface area contributed by atoms with E-state index in [1.807, 2.05) is 7.05 Å². The second-order valence-corrected chi connectivity index (χ2v) is 6.84. The van der Waals surface area contributed by atoms with Gasteiger partial charge in [-0.1, -0.05) is 27.7 Å². The molecule has 0 fully saturated rings. The summed E-state index contributed by atoms with van der Waals surface area (Å²) in [5.74, 6) is 1.50. The van der Waals surface area contributed by atoms with Crippen LogP contribution in [0.25, 0.3) is 0 Å². The van der Waals surface area contributed by atoms with E-state index in [0.29, 0.717) is 0 Å². The van der Waals surface area contributed by atoms with Crippen LogP contribution in [0.1, 0.15) is 46.2 Å². The van der Waals surface area contributed by atoms with Gasteiger partial charge in [0.05, 0.1) is 5.69 Å². The van der Waals surface area contributed by atoms with Crippen molar-refractivity contribution in [1.82, 2.24) is 10.3 Å². The van der Waals surface area contributed by atoms with Crippen LogP contribution in [0.3, 0.4) is 0 Å². The van der Waals surface area contributed by atoms with Gasteiger partial charge in [-0.3, -0.25) is 0 Å². The lowest BCUT2D eigenvalue weighted by Crippen LogP contribution is -2.27. The minimum absolute atomic E-state index is 0.748. The van der Waals surface area contributed by atoms with Gasteiger partial charge >= 0.3 is 0 Å². The largest absolute Gasteiger partial charge is 0.348 e. The first-order chi connectivity index (χ1) is 9.02. The number of aromatic nitrogens is 1. The Kier molecular flexibility index (Phi) is 7.39. The Morgan fingerprint density at radius 3 is 2.21 bits per heavy atom. The van der Waals surface area contributed by atoms with Crippen molar-refractivity contribution in [2.24, 2.45) is 11.8 Å². The van der Waals surface area contributed by atoms with Crippen molar-refractivity contribution < 1.29 is 0 Å². The third-order valence-electron chi connectivity index (χ3n) is 3.12. The van der Waals surface area contributed by atoms with Crippen molar-refractivity contribution >= 4 is 16.5 Å². The fraction of sp³-hybridized carbons (Fsp3) is 0.800. The van der Waals surface area contributed by atoms with Crippen LogP contribution in [0.5, 0.6) is 0 Å². The van der Waals surface area contributed by atoms with Gasteiger partial charge in [0, 0.05) is 25.0 Å². The number of rotatable bonds is 9. The molecule has 4 heteroatoms. The highest BCUT2D eigenvalue weighted by Crippen LogP contribution is 2.22. The molecule has 0 bridgehead atoms. The number of hydrogen-bond acceptors (Lipinski definition) is 4. The summed E-state index contributed by atoms with van der Waals surface area (Å²) in [5, 5.41) is 6.52. The number of nitrogens with zero attached hydrogens (tertiary/aromatic N) is 2. The summed E-state index contributed by atoms with van der Waals surface area (Å²) in [5.41, 5.74) is 1.15. The second-order valence-electron chi connectivity index (χ2n) is 6.00. The van der Waals surface area contributed by atoms with Gasteiger partial charge in [0.15, 0.2) is 5.13 Å². The van der Waals surface area contributed by atoms with Crippen LogP contribution in [0.4, 0.5) is 5.13 Å². The molecular formula is C15H29N3S. The van der Waals surface area contributed by atoms with Crippen LogP contribution in [0.15, 0.2) is 5.38 Å². The van der Waals surface area contributed by atoms with E-state index in [0.717, 1.165) is 37.2 Å². The molecule has 0 saturated heterocycles. The monoisotopic (exact) mass is 283 g/mol. The normalized spacial score (nSPS) is 11.5. The maximum absolute atomic E-state index is 4.74. The fourth-order valence-electron chi connectivity index (χ4n) is 1.84. The Morgan fingerprint density at radius 2 is 1.74 bits per heavy atom. The van der Waals surface area contributed by atoms with E-state index >= 15 is 0 Å². The molecule has 0 amide bonds. The van der Waals surface area contributed by atoms with Crippen molar-refractivity contribution in [3.8, 4) is 0 Å². The summed E-state index contributed by atoms with van der Waals surface area (Å²) in [4.78, 5) is 7.20. The number of hydrogen-bond donors (Lipinski definition) is 1. The lowest BCUT2D eigenvalue weighted by atomic mass is 10.1. The Hall–Kier alpha value is -0.610. The van der Waals surface area contributed by atoms with Crippen LogP contribution in [-0.4, -0.2) is 25.1 Å². The van der Waals surface area contributed by atoms with Gasteiger partial charge in [-0.15, -0.1) is 11.3 Å². The molecule has 1 aromatic heterocycles. The molecule has 0 aliphatic carbocycles. The zero-order chi connectivity index (χ0) is 14.3. The van der Waals surface area contributed by atoms with Crippen LogP contribution >= 0.6 is 11.3 Å². The molecule has 0 aromatic carbocycles. The maximum Gasteiger partial charge on any atom is 0.185 e. The Morgan fingerprint density at radius 1 is 1.16 bits per heavy atom. The third-order valence-corrected chi connectivity index (χ3v) is 4.07. The molecule has 1 aromatic rings. The summed E-state index contributed by atoms with van der Waals surface area (Å²) in [6, 6.07) is 0. The average molecular weight is 283 g/mol. The lowest BCUT2D eigenvalue weighted by Gasteiger charge is -2.23. The lowest BCUT2D eigenvalue weighted by molar-refractivity contribution is 0.534. The molecule has 110 valence electrons. The minimum Gasteiger partial charge on any atom is -0.348 e. The molecule has 1 N–H and O–H groups in total. The van der Waals surface area contributed by atoms with E-state index in [1.165, 1.54) is 18.0 Å². The standard InChI is InChI=1S/C15H29N3S/c1-12(2)6-8-18(9-7-13(3)4)15-17-14(10-16-5)11-19-15/h11-13,16H,6-10H2,1-5H3. The second kappa shape index (κ2) is 8.54. The maximum atomic E-state index is 4.74. The smallest absolute Gasteiger partial charge is 0.185 e. The first-order valence-electron chi connectivity index (χ1n) is 7.36. The summed E-state index contributed by atoms with van der Waals surface area (Å²) in [7, 11) is 1.97. The van der Waals surface area contributed by atoms with Gasteiger partial charge in [0.1, 0.15) is 0 Å². The van der Waals surface area contributed by atoms with Gasteiger partial charge in [-0.25, -0.2) is 4.98 Å². The molecule has 1 rings (SSSR count). The minimum atomic E-state index is 0.748. The first-order valence-corrected chi connectivity index (χ1v) is 8.24. The predicted molar refractivity (Wildman–Crippen MR) is 86.0 cm³/mol. The molecular weight excluding hydrogens is 254 g/mol. The number of anilines is 1. The van der Waals surface area contributed by atoms with Crippen molar-refractivity contribution in [2.45, 2.75) is 47.1 Å². The summed E-state index contributed by atoms with van der Waals surface area (Å²) < 4.78 is 0. The number of thiazole rings is 1. The molecule has 0 aliphatic rings. The molecule has 19 heavy (non-hydrogen) atoms. The van der Waals surface area contributed by atoms with E-state index in [9.17, 15) is 0 Å². The van der Waals surface area contributed by atoms with E-state index in [1.54, 1.807) is 11.3 Å². The fourth-order valence-corrected chi connectivity index (χ4v) is 2.71. The summed E-state index contributed by atoms with van der Waals surface area (Å²) in [6.45, 7) is 12.3.